The molecule has 0 saturated carbocycles. The van der Waals surface area contributed by atoms with Crippen LogP contribution in [0.25, 0.3) is 5.69 Å². The summed E-state index contributed by atoms with van der Waals surface area (Å²) in [6.45, 7) is 5.79. The van der Waals surface area contributed by atoms with Crippen molar-refractivity contribution in [3.8, 4) is 5.69 Å². The Kier molecular flexibility index (Phi) is 6.56. The van der Waals surface area contributed by atoms with Gasteiger partial charge in [0, 0.05) is 43.3 Å². The molecule has 1 fully saturated rings. The summed E-state index contributed by atoms with van der Waals surface area (Å²) in [5.74, 6) is -0.102. The molecule has 2 aromatic heterocycles. The molecule has 0 aliphatic carbocycles. The molecule has 3 aromatic rings. The van der Waals surface area contributed by atoms with Crippen molar-refractivity contribution in [1.82, 2.24) is 19.8 Å². The number of aromatic nitrogens is 2. The minimum absolute atomic E-state index is 0.0386. The van der Waals surface area contributed by atoms with Crippen molar-refractivity contribution in [2.24, 2.45) is 0 Å². The van der Waals surface area contributed by atoms with Crippen molar-refractivity contribution in [3.05, 3.63) is 82.9 Å². The summed E-state index contributed by atoms with van der Waals surface area (Å²) >= 11 is 0. The zero-order valence-electron chi connectivity index (χ0n) is 18.7. The van der Waals surface area contributed by atoms with Crippen molar-refractivity contribution in [1.29, 1.82) is 0 Å². The second kappa shape index (κ2) is 9.39. The van der Waals surface area contributed by atoms with Gasteiger partial charge in [0.05, 0.1) is 23.0 Å². The maximum atomic E-state index is 13.0. The van der Waals surface area contributed by atoms with Crippen LogP contribution < -0.4 is 5.32 Å². The van der Waals surface area contributed by atoms with E-state index in [0.29, 0.717) is 17.7 Å². The molecule has 1 aliphatic rings. The van der Waals surface area contributed by atoms with Crippen LogP contribution in [0.5, 0.6) is 0 Å². The first-order chi connectivity index (χ1) is 15.7. The first kappa shape index (κ1) is 23.0. The summed E-state index contributed by atoms with van der Waals surface area (Å²) in [5.41, 5.74) is 3.40. The zero-order chi connectivity index (χ0) is 23.6. The normalized spacial score (nSPS) is 15.5. The molecule has 0 radical (unpaired) electrons. The fourth-order valence-corrected chi connectivity index (χ4v) is 4.48. The second-order valence-corrected chi connectivity index (χ2v) is 8.55. The van der Waals surface area contributed by atoms with E-state index < -0.39 is 11.7 Å². The van der Waals surface area contributed by atoms with Crippen LogP contribution in [0.3, 0.4) is 0 Å². The number of rotatable bonds is 5. The molecule has 1 saturated heterocycles. The van der Waals surface area contributed by atoms with Crippen LogP contribution >= 0.6 is 0 Å². The minimum Gasteiger partial charge on any atom is -0.349 e. The van der Waals surface area contributed by atoms with Gasteiger partial charge in [-0.25, -0.2) is 0 Å². The lowest BCUT2D eigenvalue weighted by Gasteiger charge is -2.32. The quantitative estimate of drug-likeness (QED) is 0.594. The number of piperidine rings is 1. The van der Waals surface area contributed by atoms with Gasteiger partial charge >= 0.3 is 6.18 Å². The number of hydrogen-bond acceptors (Lipinski definition) is 3. The molecule has 3 heterocycles. The Bertz CT molecular complexity index is 1120. The maximum absolute atomic E-state index is 13.0. The Morgan fingerprint density at radius 2 is 1.88 bits per heavy atom. The van der Waals surface area contributed by atoms with Gasteiger partial charge in [0.25, 0.3) is 5.91 Å². The maximum Gasteiger partial charge on any atom is 0.416 e. The zero-order valence-corrected chi connectivity index (χ0v) is 18.7. The Hall–Kier alpha value is -3.13. The van der Waals surface area contributed by atoms with Crippen LogP contribution in [0.4, 0.5) is 13.2 Å². The van der Waals surface area contributed by atoms with Gasteiger partial charge in [0.1, 0.15) is 0 Å². The number of nitrogens with zero attached hydrogens (tertiary/aromatic N) is 3. The number of amides is 1. The van der Waals surface area contributed by atoms with Gasteiger partial charge in [-0.2, -0.15) is 13.2 Å². The molecular weight excluding hydrogens is 429 g/mol. The van der Waals surface area contributed by atoms with Gasteiger partial charge < -0.3 is 9.88 Å². The van der Waals surface area contributed by atoms with E-state index in [4.69, 9.17) is 0 Å². The number of benzene rings is 1. The third-order valence-electron chi connectivity index (χ3n) is 6.16. The van der Waals surface area contributed by atoms with Crippen LogP contribution in [0.2, 0.25) is 0 Å². The van der Waals surface area contributed by atoms with E-state index >= 15 is 0 Å². The molecule has 1 N–H and O–H groups in total. The van der Waals surface area contributed by atoms with E-state index in [0.717, 1.165) is 49.1 Å². The molecule has 1 aromatic carbocycles. The van der Waals surface area contributed by atoms with E-state index in [1.165, 1.54) is 12.1 Å². The van der Waals surface area contributed by atoms with Gasteiger partial charge in [-0.05, 0) is 56.5 Å². The van der Waals surface area contributed by atoms with Crippen molar-refractivity contribution < 1.29 is 18.0 Å². The molecular formula is C25H27F3N4O. The van der Waals surface area contributed by atoms with E-state index in [-0.39, 0.29) is 11.9 Å². The average Bonchev–Trinajstić information content (AvgIpc) is 3.09. The molecule has 4 rings (SSSR count). The molecule has 8 heteroatoms. The standard InChI is InChI=1S/C25H27F3N4O/c1-17-13-23(18(2)32(17)22-7-4-10-29-15-22)24(33)30-21-8-11-31(12-9-21)16-19-5-3-6-20(14-19)25(26,27)28/h3-7,10,13-15,21H,8-9,11-12,16H2,1-2H3,(H,30,33). The number of carbonyl (C=O) groups excluding carboxylic acids is 1. The Morgan fingerprint density at radius 1 is 1.12 bits per heavy atom. The van der Waals surface area contributed by atoms with Crippen molar-refractivity contribution in [2.75, 3.05) is 13.1 Å². The van der Waals surface area contributed by atoms with Crippen LogP contribution in [-0.2, 0) is 12.7 Å². The Morgan fingerprint density at radius 3 is 2.55 bits per heavy atom. The summed E-state index contributed by atoms with van der Waals surface area (Å²) in [7, 11) is 0. The fraction of sp³-hybridized carbons (Fsp3) is 0.360. The summed E-state index contributed by atoms with van der Waals surface area (Å²) in [4.78, 5) is 19.3. The second-order valence-electron chi connectivity index (χ2n) is 8.55. The molecule has 5 nitrogen and oxygen atoms in total. The lowest BCUT2D eigenvalue weighted by atomic mass is 10.0. The molecule has 0 unspecified atom stereocenters. The van der Waals surface area contributed by atoms with E-state index in [2.05, 4.69) is 15.2 Å². The molecule has 174 valence electrons. The number of hydrogen-bond donors (Lipinski definition) is 1. The first-order valence-corrected chi connectivity index (χ1v) is 11.0. The van der Waals surface area contributed by atoms with Gasteiger partial charge in [-0.3, -0.25) is 14.7 Å². The molecule has 0 bridgehead atoms. The summed E-state index contributed by atoms with van der Waals surface area (Å²) in [6, 6.07) is 11.2. The highest BCUT2D eigenvalue weighted by atomic mass is 19.4. The number of likely N-dealkylation sites (tertiary alicyclic amines) is 1. The highest BCUT2D eigenvalue weighted by Crippen LogP contribution is 2.30. The Balaban J connectivity index is 1.35. The molecule has 33 heavy (non-hydrogen) atoms. The third-order valence-corrected chi connectivity index (χ3v) is 6.16. The number of pyridine rings is 1. The summed E-state index contributed by atoms with van der Waals surface area (Å²) in [5, 5.41) is 3.14. The lowest BCUT2D eigenvalue weighted by Crippen LogP contribution is -2.44. The van der Waals surface area contributed by atoms with E-state index in [1.807, 2.05) is 36.6 Å². The molecule has 0 atom stereocenters. The number of halogens is 3. The van der Waals surface area contributed by atoms with E-state index in [9.17, 15) is 18.0 Å². The average molecular weight is 457 g/mol. The highest BCUT2D eigenvalue weighted by molar-refractivity contribution is 5.96. The SMILES string of the molecule is Cc1cc(C(=O)NC2CCN(Cc3cccc(C(F)(F)F)c3)CC2)c(C)n1-c1cccnc1. The van der Waals surface area contributed by atoms with Crippen LogP contribution in [0.15, 0.2) is 54.9 Å². The van der Waals surface area contributed by atoms with Crippen molar-refractivity contribution in [2.45, 2.75) is 45.5 Å². The minimum atomic E-state index is -4.33. The molecule has 1 amide bonds. The van der Waals surface area contributed by atoms with Crippen molar-refractivity contribution >= 4 is 5.91 Å². The number of nitrogens with one attached hydrogen (secondary N) is 1. The van der Waals surface area contributed by atoms with Gasteiger partial charge in [0.15, 0.2) is 0 Å². The largest absolute Gasteiger partial charge is 0.416 e. The summed E-state index contributed by atoms with van der Waals surface area (Å²) in [6.07, 6.45) is 0.657. The highest BCUT2D eigenvalue weighted by Gasteiger charge is 2.30. The van der Waals surface area contributed by atoms with Crippen LogP contribution in [-0.4, -0.2) is 39.5 Å². The lowest BCUT2D eigenvalue weighted by molar-refractivity contribution is -0.137. The van der Waals surface area contributed by atoms with Crippen LogP contribution in [0.1, 0.15) is 45.7 Å². The fourth-order valence-electron chi connectivity index (χ4n) is 4.48. The van der Waals surface area contributed by atoms with Gasteiger partial charge in [-0.15, -0.1) is 0 Å². The predicted octanol–water partition coefficient (Wildman–Crippen LogP) is 4.90. The predicted molar refractivity (Wildman–Crippen MR) is 120 cm³/mol. The summed E-state index contributed by atoms with van der Waals surface area (Å²) < 4.78 is 40.9. The van der Waals surface area contributed by atoms with Crippen LogP contribution in [0, 0.1) is 13.8 Å². The number of alkyl halides is 3. The van der Waals surface area contributed by atoms with Gasteiger partial charge in [-0.1, -0.05) is 18.2 Å². The smallest absolute Gasteiger partial charge is 0.349 e. The topological polar surface area (TPSA) is 50.2 Å². The number of carbonyl (C=O) groups is 1. The van der Waals surface area contributed by atoms with Gasteiger partial charge in [0.2, 0.25) is 0 Å². The third kappa shape index (κ3) is 5.27. The van der Waals surface area contributed by atoms with E-state index in [1.54, 1.807) is 18.5 Å². The molecule has 1 aliphatic heterocycles. The Labute approximate surface area is 191 Å². The first-order valence-electron chi connectivity index (χ1n) is 11.0. The molecule has 0 spiro atoms. The number of aryl methyl sites for hydroxylation is 1. The monoisotopic (exact) mass is 456 g/mol. The van der Waals surface area contributed by atoms with Crippen molar-refractivity contribution in [3.63, 3.8) is 0 Å².